The number of esters is 1. The van der Waals surface area contributed by atoms with Gasteiger partial charge in [0.15, 0.2) is 0 Å². The van der Waals surface area contributed by atoms with Gasteiger partial charge in [0.05, 0.1) is 18.6 Å². The third-order valence-corrected chi connectivity index (χ3v) is 2.60. The molecule has 4 nitrogen and oxygen atoms in total. The van der Waals surface area contributed by atoms with Gasteiger partial charge in [-0.3, -0.25) is 4.79 Å². The number of aliphatic hydroxyl groups is 1. The molecule has 15 heavy (non-hydrogen) atoms. The van der Waals surface area contributed by atoms with E-state index >= 15 is 0 Å². The number of ether oxygens (including phenoxy) is 2. The van der Waals surface area contributed by atoms with Crippen LogP contribution < -0.4 is 0 Å². The van der Waals surface area contributed by atoms with Crippen LogP contribution in [0.2, 0.25) is 0 Å². The van der Waals surface area contributed by atoms with Crippen molar-refractivity contribution in [3.63, 3.8) is 0 Å². The van der Waals surface area contributed by atoms with Crippen molar-refractivity contribution in [3.05, 3.63) is 0 Å². The third kappa shape index (κ3) is 4.18. The van der Waals surface area contributed by atoms with Crippen molar-refractivity contribution in [1.29, 1.82) is 0 Å². The number of rotatable bonds is 6. The van der Waals surface area contributed by atoms with Crippen LogP contribution in [0.5, 0.6) is 0 Å². The van der Waals surface area contributed by atoms with Gasteiger partial charge in [0.2, 0.25) is 0 Å². The fourth-order valence-electron chi connectivity index (χ4n) is 1.84. The molecule has 0 aliphatic carbocycles. The molecule has 2 unspecified atom stereocenters. The van der Waals surface area contributed by atoms with E-state index in [-0.39, 0.29) is 11.9 Å². The lowest BCUT2D eigenvalue weighted by atomic mass is 9.79. The van der Waals surface area contributed by atoms with Crippen LogP contribution in [-0.2, 0) is 14.3 Å². The van der Waals surface area contributed by atoms with Gasteiger partial charge in [0.1, 0.15) is 0 Å². The highest BCUT2D eigenvalue weighted by Gasteiger charge is 2.39. The van der Waals surface area contributed by atoms with E-state index in [9.17, 15) is 9.90 Å². The minimum absolute atomic E-state index is 0.0318. The molecular weight excluding hydrogens is 196 g/mol. The average Bonchev–Trinajstić information content (AvgIpc) is 2.13. The largest absolute Gasteiger partial charge is 0.469 e. The van der Waals surface area contributed by atoms with Crippen molar-refractivity contribution in [2.24, 2.45) is 11.8 Å². The van der Waals surface area contributed by atoms with E-state index in [4.69, 9.17) is 9.47 Å². The van der Waals surface area contributed by atoms with Crippen molar-refractivity contribution in [3.8, 4) is 0 Å². The van der Waals surface area contributed by atoms with Gasteiger partial charge >= 0.3 is 5.97 Å². The SMILES string of the molecule is COCCC(C)(O)C(C(=O)OC)C(C)C. The number of hydrogen-bond donors (Lipinski definition) is 1. The van der Waals surface area contributed by atoms with Gasteiger partial charge in [0.25, 0.3) is 0 Å². The van der Waals surface area contributed by atoms with E-state index in [0.717, 1.165) is 0 Å². The Bertz CT molecular complexity index is 199. The number of methoxy groups -OCH3 is 2. The molecule has 0 rings (SSSR count). The van der Waals surface area contributed by atoms with Crippen LogP contribution in [0.4, 0.5) is 0 Å². The van der Waals surface area contributed by atoms with Crippen LogP contribution in [-0.4, -0.2) is 37.5 Å². The van der Waals surface area contributed by atoms with Crippen molar-refractivity contribution in [1.82, 2.24) is 0 Å². The Morgan fingerprint density at radius 3 is 2.27 bits per heavy atom. The molecule has 4 heteroatoms. The lowest BCUT2D eigenvalue weighted by Crippen LogP contribution is -2.44. The van der Waals surface area contributed by atoms with Crippen LogP contribution in [0.1, 0.15) is 27.2 Å². The molecule has 0 spiro atoms. The lowest BCUT2D eigenvalue weighted by Gasteiger charge is -2.33. The summed E-state index contributed by atoms with van der Waals surface area (Å²) in [6.07, 6.45) is 0.418. The molecule has 0 aliphatic rings. The zero-order valence-corrected chi connectivity index (χ0v) is 10.2. The van der Waals surface area contributed by atoms with Gasteiger partial charge in [-0.1, -0.05) is 13.8 Å². The van der Waals surface area contributed by atoms with Crippen molar-refractivity contribution < 1.29 is 19.4 Å². The van der Waals surface area contributed by atoms with Gasteiger partial charge in [-0.15, -0.1) is 0 Å². The zero-order chi connectivity index (χ0) is 12.1. The first-order valence-corrected chi connectivity index (χ1v) is 5.16. The number of carbonyl (C=O) groups is 1. The van der Waals surface area contributed by atoms with Crippen LogP contribution in [0.15, 0.2) is 0 Å². The van der Waals surface area contributed by atoms with Crippen molar-refractivity contribution >= 4 is 5.97 Å². The van der Waals surface area contributed by atoms with Crippen LogP contribution in [0, 0.1) is 11.8 Å². The minimum Gasteiger partial charge on any atom is -0.469 e. The van der Waals surface area contributed by atoms with E-state index in [2.05, 4.69) is 0 Å². The second kappa shape index (κ2) is 6.08. The molecule has 0 aromatic carbocycles. The first-order valence-electron chi connectivity index (χ1n) is 5.16. The molecule has 0 heterocycles. The minimum atomic E-state index is -1.09. The molecule has 0 fully saturated rings. The van der Waals surface area contributed by atoms with Crippen LogP contribution in [0.25, 0.3) is 0 Å². The maximum Gasteiger partial charge on any atom is 0.311 e. The van der Waals surface area contributed by atoms with E-state index in [1.165, 1.54) is 7.11 Å². The van der Waals surface area contributed by atoms with E-state index in [1.807, 2.05) is 13.8 Å². The van der Waals surface area contributed by atoms with E-state index in [1.54, 1.807) is 14.0 Å². The molecule has 0 aromatic rings. The molecule has 0 radical (unpaired) electrons. The maximum atomic E-state index is 11.5. The first-order chi connectivity index (χ1) is 6.86. The predicted molar refractivity (Wildman–Crippen MR) is 57.5 cm³/mol. The summed E-state index contributed by atoms with van der Waals surface area (Å²) in [5, 5.41) is 10.2. The van der Waals surface area contributed by atoms with Crippen LogP contribution >= 0.6 is 0 Å². The monoisotopic (exact) mass is 218 g/mol. The van der Waals surface area contributed by atoms with Gasteiger partial charge < -0.3 is 14.6 Å². The summed E-state index contributed by atoms with van der Waals surface area (Å²) in [5.74, 6) is -0.854. The number of carbonyl (C=O) groups excluding carboxylic acids is 1. The highest BCUT2D eigenvalue weighted by molar-refractivity contribution is 5.73. The molecular formula is C11H22O4. The predicted octanol–water partition coefficient (Wildman–Crippen LogP) is 1.22. The summed E-state index contributed by atoms with van der Waals surface area (Å²) in [6, 6.07) is 0. The smallest absolute Gasteiger partial charge is 0.311 e. The summed E-state index contributed by atoms with van der Waals surface area (Å²) in [4.78, 5) is 11.5. The Hall–Kier alpha value is -0.610. The third-order valence-electron chi connectivity index (χ3n) is 2.60. The standard InChI is InChI=1S/C11H22O4/c1-8(2)9(10(12)15-5)11(3,13)6-7-14-4/h8-9,13H,6-7H2,1-5H3. The van der Waals surface area contributed by atoms with Crippen molar-refractivity contribution in [2.75, 3.05) is 20.8 Å². The second-order valence-electron chi connectivity index (χ2n) is 4.34. The first kappa shape index (κ1) is 14.4. The van der Waals surface area contributed by atoms with E-state index in [0.29, 0.717) is 13.0 Å². The highest BCUT2D eigenvalue weighted by Crippen LogP contribution is 2.29. The Kier molecular flexibility index (Phi) is 5.83. The van der Waals surface area contributed by atoms with Gasteiger partial charge in [-0.25, -0.2) is 0 Å². The Morgan fingerprint density at radius 2 is 1.93 bits per heavy atom. The average molecular weight is 218 g/mol. The Labute approximate surface area is 91.6 Å². The molecule has 0 bridgehead atoms. The molecule has 0 amide bonds. The second-order valence-corrected chi connectivity index (χ2v) is 4.34. The molecule has 90 valence electrons. The summed E-state index contributed by atoms with van der Waals surface area (Å²) in [5.41, 5.74) is -1.09. The summed E-state index contributed by atoms with van der Waals surface area (Å²) in [6.45, 7) is 5.85. The highest BCUT2D eigenvalue weighted by atomic mass is 16.5. The Balaban J connectivity index is 4.65. The fourth-order valence-corrected chi connectivity index (χ4v) is 1.84. The van der Waals surface area contributed by atoms with Gasteiger partial charge in [-0.05, 0) is 12.8 Å². The zero-order valence-electron chi connectivity index (χ0n) is 10.2. The Morgan fingerprint density at radius 1 is 1.40 bits per heavy atom. The molecule has 0 saturated heterocycles. The summed E-state index contributed by atoms with van der Waals surface area (Å²) >= 11 is 0. The lowest BCUT2D eigenvalue weighted by molar-refractivity contribution is -0.159. The van der Waals surface area contributed by atoms with Crippen molar-refractivity contribution in [2.45, 2.75) is 32.8 Å². The molecule has 1 N–H and O–H groups in total. The van der Waals surface area contributed by atoms with Gasteiger partial charge in [0, 0.05) is 20.1 Å². The van der Waals surface area contributed by atoms with Gasteiger partial charge in [-0.2, -0.15) is 0 Å². The van der Waals surface area contributed by atoms with E-state index < -0.39 is 11.5 Å². The quantitative estimate of drug-likeness (QED) is 0.681. The molecule has 0 aliphatic heterocycles. The summed E-state index contributed by atoms with van der Waals surface area (Å²) in [7, 11) is 2.91. The topological polar surface area (TPSA) is 55.8 Å². The fraction of sp³-hybridized carbons (Fsp3) is 0.909. The normalized spacial score (nSPS) is 17.3. The molecule has 0 aromatic heterocycles. The molecule has 0 saturated carbocycles. The molecule has 2 atom stereocenters. The maximum absolute atomic E-state index is 11.5. The summed E-state index contributed by atoms with van der Waals surface area (Å²) < 4.78 is 9.61. The number of hydrogen-bond acceptors (Lipinski definition) is 4. The van der Waals surface area contributed by atoms with Crippen LogP contribution in [0.3, 0.4) is 0 Å².